The summed E-state index contributed by atoms with van der Waals surface area (Å²) in [5.41, 5.74) is 0.526. The van der Waals surface area contributed by atoms with Crippen LogP contribution in [0.5, 0.6) is 0 Å². The maximum absolute atomic E-state index is 13.8. The fourth-order valence-electron chi connectivity index (χ4n) is 1.99. The lowest BCUT2D eigenvalue weighted by Gasteiger charge is -2.21. The van der Waals surface area contributed by atoms with E-state index in [1.54, 1.807) is 7.11 Å². The van der Waals surface area contributed by atoms with E-state index in [9.17, 15) is 8.78 Å². The average molecular weight is 271 g/mol. The number of hydrogen-bond acceptors (Lipinski definition) is 2. The van der Waals surface area contributed by atoms with Gasteiger partial charge in [0.15, 0.2) is 0 Å². The van der Waals surface area contributed by atoms with Crippen LogP contribution >= 0.6 is 0 Å². The number of hydrogen-bond donors (Lipinski definition) is 1. The van der Waals surface area contributed by atoms with Gasteiger partial charge in [-0.2, -0.15) is 0 Å². The SMILES string of the molecule is CCCNC(CCC(C)OC)c1ccc(F)cc1F. The van der Waals surface area contributed by atoms with Crippen molar-refractivity contribution in [3.8, 4) is 0 Å². The standard InChI is InChI=1S/C15H23F2NO/c1-4-9-18-15(8-5-11(2)19-3)13-7-6-12(16)10-14(13)17/h6-7,10-11,15,18H,4-5,8-9H2,1-3H3. The predicted octanol–water partition coefficient (Wildman–Crippen LogP) is 3.82. The summed E-state index contributed by atoms with van der Waals surface area (Å²) in [4.78, 5) is 0. The third-order valence-electron chi connectivity index (χ3n) is 3.24. The summed E-state index contributed by atoms with van der Waals surface area (Å²) in [6.45, 7) is 4.85. The molecule has 1 rings (SSSR count). The lowest BCUT2D eigenvalue weighted by atomic mass is 9.99. The van der Waals surface area contributed by atoms with Crippen molar-refractivity contribution in [3.05, 3.63) is 35.4 Å². The lowest BCUT2D eigenvalue weighted by Crippen LogP contribution is -2.24. The Bertz CT molecular complexity index is 384. The van der Waals surface area contributed by atoms with Crippen LogP contribution < -0.4 is 5.32 Å². The molecule has 0 aliphatic rings. The van der Waals surface area contributed by atoms with Gasteiger partial charge >= 0.3 is 0 Å². The maximum atomic E-state index is 13.8. The molecule has 1 aromatic carbocycles. The van der Waals surface area contributed by atoms with Crippen molar-refractivity contribution in [1.29, 1.82) is 0 Å². The number of rotatable bonds is 8. The fraction of sp³-hybridized carbons (Fsp3) is 0.600. The Morgan fingerprint density at radius 2 is 2.00 bits per heavy atom. The summed E-state index contributed by atoms with van der Waals surface area (Å²) >= 11 is 0. The molecular formula is C15H23F2NO. The topological polar surface area (TPSA) is 21.3 Å². The van der Waals surface area contributed by atoms with E-state index in [0.29, 0.717) is 5.56 Å². The van der Waals surface area contributed by atoms with Crippen molar-refractivity contribution in [2.45, 2.75) is 45.3 Å². The molecule has 0 aliphatic heterocycles. The molecule has 19 heavy (non-hydrogen) atoms. The van der Waals surface area contributed by atoms with Crippen molar-refractivity contribution >= 4 is 0 Å². The van der Waals surface area contributed by atoms with Crippen molar-refractivity contribution in [2.24, 2.45) is 0 Å². The third kappa shape index (κ3) is 5.25. The van der Waals surface area contributed by atoms with E-state index in [4.69, 9.17) is 4.74 Å². The molecule has 4 heteroatoms. The van der Waals surface area contributed by atoms with Crippen LogP contribution in [-0.2, 0) is 4.74 Å². The molecule has 1 aromatic rings. The zero-order chi connectivity index (χ0) is 14.3. The van der Waals surface area contributed by atoms with Crippen LogP contribution in [0.25, 0.3) is 0 Å². The van der Waals surface area contributed by atoms with E-state index in [1.165, 1.54) is 12.1 Å². The highest BCUT2D eigenvalue weighted by Gasteiger charge is 2.16. The molecule has 0 radical (unpaired) electrons. The zero-order valence-electron chi connectivity index (χ0n) is 11.9. The van der Waals surface area contributed by atoms with Crippen LogP contribution in [0.2, 0.25) is 0 Å². The molecule has 0 amide bonds. The highest BCUT2D eigenvalue weighted by molar-refractivity contribution is 5.22. The lowest BCUT2D eigenvalue weighted by molar-refractivity contribution is 0.106. The summed E-state index contributed by atoms with van der Waals surface area (Å²) < 4.78 is 32.0. The zero-order valence-corrected chi connectivity index (χ0v) is 11.9. The van der Waals surface area contributed by atoms with Gasteiger partial charge in [0.2, 0.25) is 0 Å². The average Bonchev–Trinajstić information content (AvgIpc) is 2.39. The molecule has 0 saturated carbocycles. The number of nitrogens with one attached hydrogen (secondary N) is 1. The highest BCUT2D eigenvalue weighted by atomic mass is 19.1. The van der Waals surface area contributed by atoms with E-state index in [0.717, 1.165) is 31.9 Å². The molecule has 2 nitrogen and oxygen atoms in total. The normalized spacial score (nSPS) is 14.4. The Labute approximate surface area is 114 Å². The van der Waals surface area contributed by atoms with Gasteiger partial charge in [-0.3, -0.25) is 0 Å². The van der Waals surface area contributed by atoms with Gasteiger partial charge in [-0.05, 0) is 38.8 Å². The van der Waals surface area contributed by atoms with E-state index >= 15 is 0 Å². The first kappa shape index (κ1) is 16.1. The molecule has 0 fully saturated rings. The first-order valence-corrected chi connectivity index (χ1v) is 6.79. The van der Waals surface area contributed by atoms with E-state index in [1.807, 2.05) is 6.92 Å². The predicted molar refractivity (Wildman–Crippen MR) is 73.1 cm³/mol. The summed E-state index contributed by atoms with van der Waals surface area (Å²) in [5, 5.41) is 3.31. The smallest absolute Gasteiger partial charge is 0.130 e. The van der Waals surface area contributed by atoms with Gasteiger partial charge in [-0.25, -0.2) is 8.78 Å². The van der Waals surface area contributed by atoms with Crippen LogP contribution in [0.4, 0.5) is 8.78 Å². The molecule has 0 spiro atoms. The largest absolute Gasteiger partial charge is 0.382 e. The van der Waals surface area contributed by atoms with Gasteiger partial charge in [0.1, 0.15) is 11.6 Å². The second-order valence-corrected chi connectivity index (χ2v) is 4.80. The third-order valence-corrected chi connectivity index (χ3v) is 3.24. The summed E-state index contributed by atoms with van der Waals surface area (Å²) in [7, 11) is 1.66. The van der Waals surface area contributed by atoms with E-state index in [-0.39, 0.29) is 12.1 Å². The van der Waals surface area contributed by atoms with Crippen LogP contribution in [0.1, 0.15) is 44.7 Å². The fourth-order valence-corrected chi connectivity index (χ4v) is 1.99. The van der Waals surface area contributed by atoms with Gasteiger partial charge in [0, 0.05) is 24.8 Å². The molecule has 0 heterocycles. The van der Waals surface area contributed by atoms with Gasteiger partial charge in [0.05, 0.1) is 6.10 Å². The van der Waals surface area contributed by atoms with Gasteiger partial charge in [-0.1, -0.05) is 13.0 Å². The second kappa shape index (κ2) is 8.23. The molecule has 1 N–H and O–H groups in total. The molecule has 2 atom stereocenters. The van der Waals surface area contributed by atoms with E-state index in [2.05, 4.69) is 12.2 Å². The van der Waals surface area contributed by atoms with Crippen LogP contribution in [0.15, 0.2) is 18.2 Å². The Hall–Kier alpha value is -1.00. The first-order chi connectivity index (χ1) is 9.08. The minimum absolute atomic E-state index is 0.0989. The van der Waals surface area contributed by atoms with E-state index < -0.39 is 11.6 Å². The Morgan fingerprint density at radius 3 is 2.58 bits per heavy atom. The second-order valence-electron chi connectivity index (χ2n) is 4.80. The monoisotopic (exact) mass is 271 g/mol. The van der Waals surface area contributed by atoms with Crippen LogP contribution in [0, 0.1) is 11.6 Å². The number of methoxy groups -OCH3 is 1. The quantitative estimate of drug-likeness (QED) is 0.776. The molecule has 0 aromatic heterocycles. The first-order valence-electron chi connectivity index (χ1n) is 6.79. The Morgan fingerprint density at radius 1 is 1.26 bits per heavy atom. The van der Waals surface area contributed by atoms with Gasteiger partial charge < -0.3 is 10.1 Å². The van der Waals surface area contributed by atoms with Crippen molar-refractivity contribution < 1.29 is 13.5 Å². The van der Waals surface area contributed by atoms with Gasteiger partial charge in [-0.15, -0.1) is 0 Å². The van der Waals surface area contributed by atoms with Crippen LogP contribution in [-0.4, -0.2) is 19.8 Å². The van der Waals surface area contributed by atoms with Crippen LogP contribution in [0.3, 0.4) is 0 Å². The summed E-state index contributed by atoms with van der Waals surface area (Å²) in [6.07, 6.45) is 2.69. The number of benzene rings is 1. The maximum Gasteiger partial charge on any atom is 0.130 e. The molecule has 0 saturated heterocycles. The van der Waals surface area contributed by atoms with Gasteiger partial charge in [0.25, 0.3) is 0 Å². The molecule has 0 aliphatic carbocycles. The molecular weight excluding hydrogens is 248 g/mol. The number of ether oxygens (including phenoxy) is 1. The Kier molecular flexibility index (Phi) is 6.95. The van der Waals surface area contributed by atoms with Crippen molar-refractivity contribution in [2.75, 3.05) is 13.7 Å². The minimum Gasteiger partial charge on any atom is -0.382 e. The number of halogens is 2. The minimum atomic E-state index is -0.541. The molecule has 0 bridgehead atoms. The summed E-state index contributed by atoms with van der Waals surface area (Å²) in [5.74, 6) is -1.03. The van der Waals surface area contributed by atoms with Crippen molar-refractivity contribution in [1.82, 2.24) is 5.32 Å². The highest BCUT2D eigenvalue weighted by Crippen LogP contribution is 2.23. The molecule has 2 unspecified atom stereocenters. The van der Waals surface area contributed by atoms with Crippen molar-refractivity contribution in [3.63, 3.8) is 0 Å². The summed E-state index contributed by atoms with van der Waals surface area (Å²) in [6, 6.07) is 3.67. The molecule has 108 valence electrons. The Balaban J connectivity index is 2.76.